The van der Waals surface area contributed by atoms with Gasteiger partial charge in [0.25, 0.3) is 0 Å². The highest BCUT2D eigenvalue weighted by atomic mass is 32.2. The second-order valence-electron chi connectivity index (χ2n) is 7.90. The fourth-order valence-corrected chi connectivity index (χ4v) is 4.05. The topological polar surface area (TPSA) is 101 Å². The van der Waals surface area contributed by atoms with Gasteiger partial charge in [0, 0.05) is 31.3 Å². The Balaban J connectivity index is 1.73. The highest BCUT2D eigenvalue weighted by Gasteiger charge is 2.33. The summed E-state index contributed by atoms with van der Waals surface area (Å²) in [5, 5.41) is 2.56. The summed E-state index contributed by atoms with van der Waals surface area (Å²) in [5.74, 6) is -1.26. The third kappa shape index (κ3) is 7.39. The number of aryl methyl sites for hydroxylation is 1. The average Bonchev–Trinajstić information content (AvgIpc) is 2.78. The molecule has 1 aliphatic rings. The van der Waals surface area contributed by atoms with Crippen LogP contribution in [0.5, 0.6) is 0 Å². The van der Waals surface area contributed by atoms with Crippen LogP contribution in [0.1, 0.15) is 22.4 Å². The van der Waals surface area contributed by atoms with Gasteiger partial charge in [0.1, 0.15) is 17.3 Å². The highest BCUT2D eigenvalue weighted by Crippen LogP contribution is 2.31. The van der Waals surface area contributed by atoms with Crippen LogP contribution in [0.15, 0.2) is 30.3 Å². The first-order valence-corrected chi connectivity index (χ1v) is 12.4. The van der Waals surface area contributed by atoms with Crippen molar-refractivity contribution in [3.63, 3.8) is 0 Å². The molecule has 1 aromatic heterocycles. The van der Waals surface area contributed by atoms with Crippen molar-refractivity contribution < 1.29 is 35.5 Å². The Morgan fingerprint density at radius 3 is 2.51 bits per heavy atom. The van der Waals surface area contributed by atoms with Gasteiger partial charge < -0.3 is 15.0 Å². The maximum absolute atomic E-state index is 14.3. The number of hydrogen-bond acceptors (Lipinski definition) is 6. The van der Waals surface area contributed by atoms with Gasteiger partial charge in [0.05, 0.1) is 25.2 Å². The van der Waals surface area contributed by atoms with Crippen LogP contribution in [-0.2, 0) is 32.3 Å². The van der Waals surface area contributed by atoms with Gasteiger partial charge in [-0.3, -0.25) is 9.52 Å². The molecule has 0 radical (unpaired) electrons. The minimum Gasteiger partial charge on any atom is -0.378 e. The van der Waals surface area contributed by atoms with Crippen LogP contribution >= 0.6 is 0 Å². The smallest absolute Gasteiger partial charge is 0.378 e. The second kappa shape index (κ2) is 10.6. The fraction of sp³-hybridized carbons (Fsp3) is 0.364. The second-order valence-corrected chi connectivity index (χ2v) is 9.65. The van der Waals surface area contributed by atoms with E-state index in [1.165, 1.54) is 25.1 Å². The molecule has 0 aliphatic carbocycles. The number of anilines is 2. The zero-order valence-electron chi connectivity index (χ0n) is 18.9. The van der Waals surface area contributed by atoms with Gasteiger partial charge in [-0.2, -0.15) is 13.2 Å². The molecule has 1 fully saturated rings. The van der Waals surface area contributed by atoms with Crippen molar-refractivity contribution in [1.82, 2.24) is 10.3 Å². The number of ether oxygens (including phenoxy) is 1. The van der Waals surface area contributed by atoms with Crippen LogP contribution in [-0.4, -0.2) is 51.9 Å². The summed E-state index contributed by atoms with van der Waals surface area (Å²) in [6, 6.07) is 4.72. The summed E-state index contributed by atoms with van der Waals surface area (Å²) in [5.41, 5.74) is -0.153. The number of rotatable bonds is 7. The summed E-state index contributed by atoms with van der Waals surface area (Å²) in [6.07, 6.45) is -1.20. The molecule has 190 valence electrons. The van der Waals surface area contributed by atoms with Crippen LogP contribution in [0.25, 0.3) is 6.08 Å². The summed E-state index contributed by atoms with van der Waals surface area (Å²) in [7, 11) is -3.66. The molecule has 0 unspecified atom stereocenters. The van der Waals surface area contributed by atoms with E-state index in [1.807, 2.05) is 0 Å². The molecule has 0 saturated carbocycles. The zero-order valence-corrected chi connectivity index (χ0v) is 19.8. The first-order chi connectivity index (χ1) is 16.3. The van der Waals surface area contributed by atoms with Crippen LogP contribution in [0.3, 0.4) is 0 Å². The number of halogens is 4. The number of nitrogens with one attached hydrogen (secondary N) is 2. The van der Waals surface area contributed by atoms with Crippen LogP contribution in [0.4, 0.5) is 29.1 Å². The molecular formula is C22H24F4N4O4S. The first-order valence-electron chi connectivity index (χ1n) is 10.5. The molecule has 2 N–H and O–H groups in total. The molecule has 0 spiro atoms. The van der Waals surface area contributed by atoms with Gasteiger partial charge in [-0.25, -0.2) is 17.8 Å². The van der Waals surface area contributed by atoms with Crippen molar-refractivity contribution in [2.24, 2.45) is 0 Å². The van der Waals surface area contributed by atoms with E-state index in [1.54, 1.807) is 4.90 Å². The van der Waals surface area contributed by atoms with E-state index in [-0.39, 0.29) is 18.1 Å². The zero-order chi connectivity index (χ0) is 25.8. The standard InChI is InChI=1S/C22H24F4N4O4S/c1-14-11-15(12-17(23)20(14)29-35(2,32)33)13-27-19(31)6-4-16-3-5-18(22(24,25)26)28-21(16)30-7-9-34-10-8-30/h3-6,11-12,29H,7-10,13H2,1-2H3,(H,27,31)/b6-4-. The molecule has 0 bridgehead atoms. The highest BCUT2D eigenvalue weighted by molar-refractivity contribution is 7.92. The Morgan fingerprint density at radius 1 is 1.23 bits per heavy atom. The van der Waals surface area contributed by atoms with Crippen LogP contribution in [0, 0.1) is 12.7 Å². The quantitative estimate of drug-likeness (QED) is 0.434. The van der Waals surface area contributed by atoms with E-state index in [4.69, 9.17) is 4.74 Å². The van der Waals surface area contributed by atoms with Gasteiger partial charge in [0.15, 0.2) is 0 Å². The maximum Gasteiger partial charge on any atom is 0.433 e. The van der Waals surface area contributed by atoms with Crippen molar-refractivity contribution in [3.05, 3.63) is 58.5 Å². The summed E-state index contributed by atoms with van der Waals surface area (Å²) < 4.78 is 83.9. The van der Waals surface area contributed by atoms with Crippen molar-refractivity contribution in [2.75, 3.05) is 42.2 Å². The predicted molar refractivity (Wildman–Crippen MR) is 123 cm³/mol. The van der Waals surface area contributed by atoms with Crippen molar-refractivity contribution in [1.29, 1.82) is 0 Å². The van der Waals surface area contributed by atoms with Gasteiger partial charge in [-0.1, -0.05) is 6.07 Å². The summed E-state index contributed by atoms with van der Waals surface area (Å²) in [6.45, 7) is 2.87. The largest absolute Gasteiger partial charge is 0.433 e. The van der Waals surface area contributed by atoms with Gasteiger partial charge in [-0.15, -0.1) is 0 Å². The molecular weight excluding hydrogens is 492 g/mol. The Labute approximate surface area is 200 Å². The number of benzene rings is 1. The average molecular weight is 517 g/mol. The Morgan fingerprint density at radius 2 is 1.91 bits per heavy atom. The lowest BCUT2D eigenvalue weighted by Crippen LogP contribution is -2.37. The van der Waals surface area contributed by atoms with Crippen molar-refractivity contribution in [3.8, 4) is 0 Å². The Bertz CT molecular complexity index is 1200. The summed E-state index contributed by atoms with van der Waals surface area (Å²) in [4.78, 5) is 17.7. The van der Waals surface area contributed by atoms with E-state index < -0.39 is 33.6 Å². The molecule has 1 aliphatic heterocycles. The molecule has 3 rings (SSSR count). The van der Waals surface area contributed by atoms with Crippen LogP contribution in [0.2, 0.25) is 0 Å². The minimum absolute atomic E-state index is 0.0539. The number of aromatic nitrogens is 1. The number of carbonyl (C=O) groups is 1. The maximum atomic E-state index is 14.3. The normalized spacial score (nSPS) is 14.9. The molecule has 1 aromatic carbocycles. The Hall–Kier alpha value is -3.19. The molecule has 2 heterocycles. The van der Waals surface area contributed by atoms with E-state index >= 15 is 0 Å². The van der Waals surface area contributed by atoms with Gasteiger partial charge in [-0.05, 0) is 42.3 Å². The monoisotopic (exact) mass is 516 g/mol. The third-order valence-electron chi connectivity index (χ3n) is 5.02. The van der Waals surface area contributed by atoms with E-state index in [0.29, 0.717) is 43.0 Å². The number of alkyl halides is 3. The molecule has 0 atom stereocenters. The molecule has 1 saturated heterocycles. The number of pyridine rings is 1. The molecule has 8 nitrogen and oxygen atoms in total. The lowest BCUT2D eigenvalue weighted by atomic mass is 10.1. The van der Waals surface area contributed by atoms with Crippen molar-refractivity contribution >= 4 is 33.5 Å². The number of sulfonamides is 1. The van der Waals surface area contributed by atoms with E-state index in [0.717, 1.165) is 24.5 Å². The third-order valence-corrected chi connectivity index (χ3v) is 5.60. The molecule has 1 amide bonds. The van der Waals surface area contributed by atoms with E-state index in [2.05, 4.69) is 15.0 Å². The SMILES string of the molecule is Cc1cc(CNC(=O)/C=C\c2ccc(C(F)(F)F)nc2N2CCOCC2)cc(F)c1NS(C)(=O)=O. The van der Waals surface area contributed by atoms with Gasteiger partial charge in [0.2, 0.25) is 15.9 Å². The number of hydrogen-bond donors (Lipinski definition) is 2. The number of morpholine rings is 1. The summed E-state index contributed by atoms with van der Waals surface area (Å²) >= 11 is 0. The van der Waals surface area contributed by atoms with Crippen molar-refractivity contribution in [2.45, 2.75) is 19.6 Å². The number of carbonyl (C=O) groups excluding carboxylic acids is 1. The molecule has 2 aromatic rings. The molecule has 13 heteroatoms. The number of amides is 1. The lowest BCUT2D eigenvalue weighted by Gasteiger charge is -2.29. The minimum atomic E-state index is -4.61. The molecule has 35 heavy (non-hydrogen) atoms. The van der Waals surface area contributed by atoms with Crippen LogP contribution < -0.4 is 14.9 Å². The first kappa shape index (κ1) is 26.4. The Kier molecular flexibility index (Phi) is 8.00. The van der Waals surface area contributed by atoms with E-state index in [9.17, 15) is 30.8 Å². The lowest BCUT2D eigenvalue weighted by molar-refractivity contribution is -0.141. The predicted octanol–water partition coefficient (Wildman–Crippen LogP) is 3.09. The number of nitrogens with zero attached hydrogens (tertiary/aromatic N) is 2. The fourth-order valence-electron chi connectivity index (χ4n) is 3.42. The van der Waals surface area contributed by atoms with Gasteiger partial charge >= 0.3 is 6.18 Å².